The van der Waals surface area contributed by atoms with Crippen LogP contribution < -0.4 is 4.74 Å². The Morgan fingerprint density at radius 3 is 2.77 bits per heavy atom. The van der Waals surface area contributed by atoms with Crippen LogP contribution in [0.2, 0.25) is 0 Å². The highest BCUT2D eigenvalue weighted by Crippen LogP contribution is 2.36. The third kappa shape index (κ3) is 4.08. The number of hydrogen-bond donors (Lipinski definition) is 0. The Bertz CT molecular complexity index is 1030. The summed E-state index contributed by atoms with van der Waals surface area (Å²) in [6, 6.07) is 9.95. The van der Waals surface area contributed by atoms with Crippen LogP contribution in [0.15, 0.2) is 48.9 Å². The predicted molar refractivity (Wildman–Crippen MR) is 116 cm³/mol. The number of carbonyl (C=O) groups excluding carboxylic acids is 1. The van der Waals surface area contributed by atoms with Gasteiger partial charge in [-0.1, -0.05) is 17.7 Å². The number of likely N-dealkylation sites (tertiary alicyclic amines) is 1. The summed E-state index contributed by atoms with van der Waals surface area (Å²) in [7, 11) is 3.58. The fourth-order valence-electron chi connectivity index (χ4n) is 4.33. The van der Waals surface area contributed by atoms with E-state index in [4.69, 9.17) is 9.84 Å². The SMILES string of the molecule is COc1ccc(C)cc1CC(=O)N1CCCC[C@H]1c1nn(C)cc1-c1ccncc1. The van der Waals surface area contributed by atoms with Crippen molar-refractivity contribution in [3.05, 3.63) is 65.7 Å². The average molecular weight is 405 g/mol. The van der Waals surface area contributed by atoms with Crippen molar-refractivity contribution in [2.75, 3.05) is 13.7 Å². The third-order valence-electron chi connectivity index (χ3n) is 5.77. The van der Waals surface area contributed by atoms with Crippen LogP contribution in [-0.4, -0.2) is 39.2 Å². The van der Waals surface area contributed by atoms with Crippen LogP contribution in [0.3, 0.4) is 0 Å². The molecule has 0 bridgehead atoms. The topological polar surface area (TPSA) is 60.2 Å². The number of benzene rings is 1. The predicted octanol–water partition coefficient (Wildman–Crippen LogP) is 4.10. The Kier molecular flexibility index (Phi) is 5.84. The van der Waals surface area contributed by atoms with Crippen LogP contribution in [0.25, 0.3) is 11.1 Å². The molecular weight excluding hydrogens is 376 g/mol. The quantitative estimate of drug-likeness (QED) is 0.642. The van der Waals surface area contributed by atoms with Crippen molar-refractivity contribution < 1.29 is 9.53 Å². The van der Waals surface area contributed by atoms with Crippen molar-refractivity contribution in [1.82, 2.24) is 19.7 Å². The molecule has 4 rings (SSSR count). The van der Waals surface area contributed by atoms with Gasteiger partial charge in [0.1, 0.15) is 5.75 Å². The number of ether oxygens (including phenoxy) is 1. The maximum Gasteiger partial charge on any atom is 0.227 e. The molecule has 0 spiro atoms. The molecule has 30 heavy (non-hydrogen) atoms. The Morgan fingerprint density at radius 2 is 2.00 bits per heavy atom. The van der Waals surface area contributed by atoms with Crippen molar-refractivity contribution in [2.45, 2.75) is 38.6 Å². The van der Waals surface area contributed by atoms with Crippen LogP contribution in [0.1, 0.15) is 42.1 Å². The highest BCUT2D eigenvalue weighted by molar-refractivity contribution is 5.80. The Hall–Kier alpha value is -3.15. The van der Waals surface area contributed by atoms with Crippen molar-refractivity contribution >= 4 is 5.91 Å². The zero-order chi connectivity index (χ0) is 21.1. The minimum Gasteiger partial charge on any atom is -0.496 e. The highest BCUT2D eigenvalue weighted by atomic mass is 16.5. The van der Waals surface area contributed by atoms with E-state index in [0.717, 1.165) is 59.5 Å². The number of piperidine rings is 1. The van der Waals surface area contributed by atoms with Crippen molar-refractivity contribution in [1.29, 1.82) is 0 Å². The van der Waals surface area contributed by atoms with Gasteiger partial charge in [-0.25, -0.2) is 0 Å². The molecule has 2 aromatic heterocycles. The summed E-state index contributed by atoms with van der Waals surface area (Å²) in [5, 5.41) is 4.78. The Labute approximate surface area is 177 Å². The first-order valence-corrected chi connectivity index (χ1v) is 10.4. The van der Waals surface area contributed by atoms with Gasteiger partial charge in [-0.05, 0) is 49.9 Å². The van der Waals surface area contributed by atoms with Gasteiger partial charge < -0.3 is 9.64 Å². The zero-order valence-corrected chi connectivity index (χ0v) is 17.8. The molecule has 1 aliphatic rings. The second kappa shape index (κ2) is 8.69. The van der Waals surface area contributed by atoms with Gasteiger partial charge in [0, 0.05) is 43.3 Å². The molecule has 1 fully saturated rings. The number of hydrogen-bond acceptors (Lipinski definition) is 4. The molecule has 1 saturated heterocycles. The van der Waals surface area contributed by atoms with E-state index in [2.05, 4.69) is 4.98 Å². The Morgan fingerprint density at radius 1 is 1.20 bits per heavy atom. The van der Waals surface area contributed by atoms with Gasteiger partial charge in [-0.15, -0.1) is 0 Å². The first kappa shape index (κ1) is 20.1. The molecule has 6 heteroatoms. The molecule has 156 valence electrons. The second-order valence-electron chi connectivity index (χ2n) is 7.93. The molecule has 1 amide bonds. The second-order valence-corrected chi connectivity index (χ2v) is 7.93. The molecule has 6 nitrogen and oxygen atoms in total. The lowest BCUT2D eigenvalue weighted by Crippen LogP contribution is -2.39. The lowest BCUT2D eigenvalue weighted by atomic mass is 9.94. The molecular formula is C24H28N4O2. The molecule has 0 unspecified atom stereocenters. The average Bonchev–Trinajstić information content (AvgIpc) is 3.16. The largest absolute Gasteiger partial charge is 0.496 e. The first-order chi connectivity index (χ1) is 14.6. The van der Waals surface area contributed by atoms with E-state index in [0.29, 0.717) is 6.42 Å². The van der Waals surface area contributed by atoms with Crippen molar-refractivity contribution in [3.63, 3.8) is 0 Å². The molecule has 1 aliphatic heterocycles. The molecule has 0 radical (unpaired) electrons. The van der Waals surface area contributed by atoms with E-state index >= 15 is 0 Å². The Balaban J connectivity index is 1.65. The zero-order valence-electron chi connectivity index (χ0n) is 17.8. The van der Waals surface area contributed by atoms with Crippen LogP contribution in [0, 0.1) is 6.92 Å². The maximum atomic E-state index is 13.4. The summed E-state index contributed by atoms with van der Waals surface area (Å²) in [6.45, 7) is 2.79. The van der Waals surface area contributed by atoms with Gasteiger partial charge in [0.25, 0.3) is 0 Å². The van der Waals surface area contributed by atoms with E-state index in [-0.39, 0.29) is 11.9 Å². The van der Waals surface area contributed by atoms with Crippen molar-refractivity contribution in [3.8, 4) is 16.9 Å². The molecule has 0 saturated carbocycles. The summed E-state index contributed by atoms with van der Waals surface area (Å²) in [6.07, 6.45) is 8.98. The molecule has 1 aromatic carbocycles. The van der Waals surface area contributed by atoms with Crippen LogP contribution in [0.4, 0.5) is 0 Å². The van der Waals surface area contributed by atoms with Gasteiger partial charge in [-0.3, -0.25) is 14.5 Å². The lowest BCUT2D eigenvalue weighted by molar-refractivity contribution is -0.134. The number of aromatic nitrogens is 3. The van der Waals surface area contributed by atoms with Gasteiger partial charge >= 0.3 is 0 Å². The van der Waals surface area contributed by atoms with E-state index in [1.807, 2.05) is 60.1 Å². The van der Waals surface area contributed by atoms with Gasteiger partial charge in [0.2, 0.25) is 5.91 Å². The van der Waals surface area contributed by atoms with Crippen molar-refractivity contribution in [2.24, 2.45) is 7.05 Å². The normalized spacial score (nSPS) is 16.5. The summed E-state index contributed by atoms with van der Waals surface area (Å²) in [5.41, 5.74) is 5.16. The monoisotopic (exact) mass is 404 g/mol. The number of amides is 1. The number of pyridine rings is 1. The number of methoxy groups -OCH3 is 1. The third-order valence-corrected chi connectivity index (χ3v) is 5.77. The minimum atomic E-state index is -0.0218. The molecule has 0 N–H and O–H groups in total. The van der Waals surface area contributed by atoms with E-state index in [1.165, 1.54) is 0 Å². The van der Waals surface area contributed by atoms with Gasteiger partial charge in [0.05, 0.1) is 25.3 Å². The number of nitrogens with zero attached hydrogens (tertiary/aromatic N) is 4. The van der Waals surface area contributed by atoms with Crippen LogP contribution >= 0.6 is 0 Å². The minimum absolute atomic E-state index is 0.0218. The maximum absolute atomic E-state index is 13.4. The molecule has 1 atom stereocenters. The lowest BCUT2D eigenvalue weighted by Gasteiger charge is -2.35. The summed E-state index contributed by atoms with van der Waals surface area (Å²) < 4.78 is 7.33. The number of rotatable bonds is 5. The first-order valence-electron chi connectivity index (χ1n) is 10.4. The highest BCUT2D eigenvalue weighted by Gasteiger charge is 2.32. The van der Waals surface area contributed by atoms with E-state index < -0.39 is 0 Å². The van der Waals surface area contributed by atoms with Gasteiger partial charge in [-0.2, -0.15) is 5.10 Å². The fraction of sp³-hybridized carbons (Fsp3) is 0.375. The van der Waals surface area contributed by atoms with E-state index in [9.17, 15) is 4.79 Å². The van der Waals surface area contributed by atoms with E-state index in [1.54, 1.807) is 19.5 Å². The number of carbonyl (C=O) groups is 1. The van der Waals surface area contributed by atoms with Gasteiger partial charge in [0.15, 0.2) is 0 Å². The fourth-order valence-corrected chi connectivity index (χ4v) is 4.33. The van der Waals surface area contributed by atoms with Crippen LogP contribution in [0.5, 0.6) is 5.75 Å². The smallest absolute Gasteiger partial charge is 0.227 e. The summed E-state index contributed by atoms with van der Waals surface area (Å²) >= 11 is 0. The number of aryl methyl sites for hydroxylation is 2. The molecule has 3 aromatic rings. The summed E-state index contributed by atoms with van der Waals surface area (Å²) in [4.78, 5) is 19.6. The summed E-state index contributed by atoms with van der Waals surface area (Å²) in [5.74, 6) is 0.882. The standard InChI is InChI=1S/C24H28N4O2/c1-17-7-8-22(30-3)19(14-17)15-23(29)28-13-5-4-6-21(28)24-20(16-27(2)26-24)18-9-11-25-12-10-18/h7-12,14,16,21H,4-6,13,15H2,1-3H3/t21-/m0/s1. The van der Waals surface area contributed by atoms with Crippen LogP contribution in [-0.2, 0) is 18.3 Å². The molecule has 3 heterocycles. The molecule has 0 aliphatic carbocycles.